The second-order valence-corrected chi connectivity index (χ2v) is 9.22. The summed E-state index contributed by atoms with van der Waals surface area (Å²) in [6.07, 6.45) is 2.17. The number of rotatable bonds is 8. The summed E-state index contributed by atoms with van der Waals surface area (Å²) in [5, 5.41) is 0.680. The molecule has 2 aromatic heterocycles. The van der Waals surface area contributed by atoms with Gasteiger partial charge in [0.05, 0.1) is 29.6 Å². The predicted octanol–water partition coefficient (Wildman–Crippen LogP) is 5.72. The number of pyridine rings is 1. The van der Waals surface area contributed by atoms with Gasteiger partial charge in [0.1, 0.15) is 5.75 Å². The molecule has 5 nitrogen and oxygen atoms in total. The van der Waals surface area contributed by atoms with Crippen molar-refractivity contribution in [1.82, 2.24) is 9.97 Å². The normalized spacial score (nSPS) is 10.9. The van der Waals surface area contributed by atoms with Crippen molar-refractivity contribution in [2.75, 3.05) is 17.8 Å². The van der Waals surface area contributed by atoms with Crippen molar-refractivity contribution in [2.45, 2.75) is 24.8 Å². The number of thioether (sulfide) groups is 1. The first-order valence-electron chi connectivity index (χ1n) is 9.97. The lowest BCUT2D eigenvalue weighted by Crippen LogP contribution is -2.30. The number of carbonyl (C=O) groups is 1. The zero-order chi connectivity index (χ0) is 21.6. The number of aryl methyl sites for hydroxylation is 1. The van der Waals surface area contributed by atoms with Crippen molar-refractivity contribution >= 4 is 44.4 Å². The maximum atomic E-state index is 13.2. The van der Waals surface area contributed by atoms with Crippen LogP contribution in [-0.4, -0.2) is 28.7 Å². The molecule has 0 bridgehead atoms. The molecule has 0 unspecified atom stereocenters. The Hall–Kier alpha value is -2.90. The number of thiazole rings is 1. The van der Waals surface area contributed by atoms with Crippen LogP contribution in [-0.2, 0) is 11.3 Å². The molecule has 4 rings (SSSR count). The van der Waals surface area contributed by atoms with Gasteiger partial charge in [0, 0.05) is 23.3 Å². The number of hydrogen-bond acceptors (Lipinski definition) is 6. The monoisotopic (exact) mass is 449 g/mol. The fraction of sp³-hybridized carbons (Fsp3) is 0.208. The van der Waals surface area contributed by atoms with E-state index >= 15 is 0 Å². The molecule has 4 aromatic rings. The van der Waals surface area contributed by atoms with Gasteiger partial charge in [-0.3, -0.25) is 14.7 Å². The van der Waals surface area contributed by atoms with E-state index in [0.29, 0.717) is 23.8 Å². The zero-order valence-electron chi connectivity index (χ0n) is 17.4. The van der Waals surface area contributed by atoms with Gasteiger partial charge in [0.2, 0.25) is 5.91 Å². The van der Waals surface area contributed by atoms with Gasteiger partial charge in [0.25, 0.3) is 0 Å². The maximum absolute atomic E-state index is 13.2. The molecule has 0 atom stereocenters. The molecule has 0 aliphatic heterocycles. The Morgan fingerprint density at radius 2 is 1.97 bits per heavy atom. The Labute approximate surface area is 190 Å². The van der Waals surface area contributed by atoms with E-state index in [2.05, 4.69) is 36.2 Å². The highest BCUT2D eigenvalue weighted by molar-refractivity contribution is 7.99. The second-order valence-electron chi connectivity index (χ2n) is 7.04. The van der Waals surface area contributed by atoms with Crippen LogP contribution in [0.4, 0.5) is 5.13 Å². The van der Waals surface area contributed by atoms with Crippen molar-refractivity contribution in [2.24, 2.45) is 0 Å². The van der Waals surface area contributed by atoms with Crippen LogP contribution in [0, 0.1) is 6.92 Å². The van der Waals surface area contributed by atoms with E-state index in [9.17, 15) is 4.79 Å². The molecule has 2 aromatic carbocycles. The number of anilines is 1. The lowest BCUT2D eigenvalue weighted by molar-refractivity contribution is -0.118. The molecule has 0 aliphatic carbocycles. The minimum atomic E-state index is 0.0382. The number of hydrogen-bond donors (Lipinski definition) is 0. The summed E-state index contributed by atoms with van der Waals surface area (Å²) >= 11 is 3.18. The number of carbonyl (C=O) groups excluding carboxylic acids is 1. The van der Waals surface area contributed by atoms with Gasteiger partial charge in [-0.1, -0.05) is 35.1 Å². The first-order chi connectivity index (χ1) is 15.1. The third-order valence-corrected chi connectivity index (χ3v) is 6.82. The van der Waals surface area contributed by atoms with E-state index in [-0.39, 0.29) is 5.91 Å². The number of fused-ring (bicyclic) bond motifs is 1. The first kappa shape index (κ1) is 21.3. The van der Waals surface area contributed by atoms with E-state index in [1.54, 1.807) is 30.0 Å². The molecule has 158 valence electrons. The molecule has 0 spiro atoms. The number of methoxy groups -OCH3 is 1. The Bertz CT molecular complexity index is 1160. The summed E-state index contributed by atoms with van der Waals surface area (Å²) in [7, 11) is 1.64. The molecular weight excluding hydrogens is 426 g/mol. The van der Waals surface area contributed by atoms with E-state index < -0.39 is 0 Å². The molecule has 0 aliphatic rings. The molecule has 0 N–H and O–H groups in total. The number of aromatic nitrogens is 2. The fourth-order valence-electron chi connectivity index (χ4n) is 3.08. The van der Waals surface area contributed by atoms with Crippen LogP contribution in [0.5, 0.6) is 5.75 Å². The lowest BCUT2D eigenvalue weighted by atomic mass is 10.2. The second kappa shape index (κ2) is 9.94. The average molecular weight is 450 g/mol. The summed E-state index contributed by atoms with van der Waals surface area (Å²) in [5.74, 6) is 1.52. The zero-order valence-corrected chi connectivity index (χ0v) is 19.1. The predicted molar refractivity (Wildman–Crippen MR) is 128 cm³/mol. The van der Waals surface area contributed by atoms with Gasteiger partial charge >= 0.3 is 0 Å². The molecule has 0 radical (unpaired) electrons. The quantitative estimate of drug-likeness (QED) is 0.322. The van der Waals surface area contributed by atoms with Crippen molar-refractivity contribution in [3.8, 4) is 5.75 Å². The van der Waals surface area contributed by atoms with Crippen LogP contribution in [0.25, 0.3) is 10.2 Å². The number of benzene rings is 2. The number of amides is 1. The largest absolute Gasteiger partial charge is 0.497 e. The average Bonchev–Trinajstić information content (AvgIpc) is 3.22. The summed E-state index contributed by atoms with van der Waals surface area (Å²) in [5.41, 5.74) is 2.92. The fourth-order valence-corrected chi connectivity index (χ4v) is 4.93. The molecule has 0 saturated carbocycles. The van der Waals surface area contributed by atoms with Gasteiger partial charge in [-0.2, -0.15) is 0 Å². The molecular formula is C24H23N3O2S2. The van der Waals surface area contributed by atoms with Crippen LogP contribution in [0.15, 0.2) is 71.8 Å². The minimum absolute atomic E-state index is 0.0382. The minimum Gasteiger partial charge on any atom is -0.497 e. The summed E-state index contributed by atoms with van der Waals surface area (Å²) in [4.78, 5) is 25.2. The molecule has 1 amide bonds. The van der Waals surface area contributed by atoms with Crippen molar-refractivity contribution in [3.05, 3.63) is 78.1 Å². The molecule has 31 heavy (non-hydrogen) atoms. The van der Waals surface area contributed by atoms with Crippen LogP contribution in [0.2, 0.25) is 0 Å². The van der Waals surface area contributed by atoms with Crippen LogP contribution in [0.1, 0.15) is 17.7 Å². The Balaban J connectivity index is 1.53. The van der Waals surface area contributed by atoms with E-state index in [1.807, 2.05) is 36.4 Å². The van der Waals surface area contributed by atoms with E-state index in [4.69, 9.17) is 9.72 Å². The van der Waals surface area contributed by atoms with Gasteiger partial charge in [-0.25, -0.2) is 4.98 Å². The summed E-state index contributed by atoms with van der Waals surface area (Å²) < 4.78 is 6.31. The van der Waals surface area contributed by atoms with Gasteiger partial charge in [-0.05, 0) is 49.4 Å². The molecule has 2 heterocycles. The third-order valence-electron chi connectivity index (χ3n) is 4.77. The van der Waals surface area contributed by atoms with Gasteiger partial charge in [-0.15, -0.1) is 11.8 Å². The summed E-state index contributed by atoms with van der Waals surface area (Å²) in [6.45, 7) is 2.47. The Kier molecular flexibility index (Phi) is 6.84. The van der Waals surface area contributed by atoms with E-state index in [1.165, 1.54) is 21.8 Å². The highest BCUT2D eigenvalue weighted by atomic mass is 32.2. The van der Waals surface area contributed by atoms with Crippen molar-refractivity contribution in [1.29, 1.82) is 0 Å². The first-order valence-corrected chi connectivity index (χ1v) is 11.8. The molecule has 0 saturated heterocycles. The Morgan fingerprint density at radius 1 is 1.13 bits per heavy atom. The van der Waals surface area contributed by atoms with Gasteiger partial charge in [0.15, 0.2) is 5.13 Å². The number of nitrogens with zero attached hydrogens (tertiary/aromatic N) is 3. The topological polar surface area (TPSA) is 55.3 Å². The van der Waals surface area contributed by atoms with Crippen LogP contribution in [0.3, 0.4) is 0 Å². The highest BCUT2D eigenvalue weighted by Crippen LogP contribution is 2.32. The molecule has 7 heteroatoms. The SMILES string of the molecule is COc1ccc2nc(N(Cc3ccccn3)C(=O)CCSc3ccc(C)cc3)sc2c1. The smallest absolute Gasteiger partial charge is 0.229 e. The number of ether oxygens (including phenoxy) is 1. The van der Waals surface area contributed by atoms with Crippen molar-refractivity contribution < 1.29 is 9.53 Å². The Morgan fingerprint density at radius 3 is 2.71 bits per heavy atom. The highest BCUT2D eigenvalue weighted by Gasteiger charge is 2.21. The summed E-state index contributed by atoms with van der Waals surface area (Å²) in [6, 6.07) is 19.9. The maximum Gasteiger partial charge on any atom is 0.229 e. The molecule has 0 fully saturated rings. The van der Waals surface area contributed by atoms with Gasteiger partial charge < -0.3 is 4.74 Å². The third kappa shape index (κ3) is 5.42. The van der Waals surface area contributed by atoms with Crippen LogP contribution >= 0.6 is 23.1 Å². The van der Waals surface area contributed by atoms with E-state index in [0.717, 1.165) is 21.7 Å². The lowest BCUT2D eigenvalue weighted by Gasteiger charge is -2.19. The standard InChI is InChI=1S/C24H23N3O2S2/c1-17-6-9-20(10-7-17)30-14-12-23(28)27(16-18-5-3-4-13-25-18)24-26-21-11-8-19(29-2)15-22(21)31-24/h3-11,13,15H,12,14,16H2,1-2H3. The van der Waals surface area contributed by atoms with Crippen LogP contribution < -0.4 is 9.64 Å². The van der Waals surface area contributed by atoms with Crippen molar-refractivity contribution in [3.63, 3.8) is 0 Å².